The predicted molar refractivity (Wildman–Crippen MR) is 54.7 cm³/mol. The van der Waals surface area contributed by atoms with Crippen LogP contribution in [0.1, 0.15) is 23.3 Å². The van der Waals surface area contributed by atoms with Gasteiger partial charge in [-0.15, -0.1) is 0 Å². The standard InChI is InChI=1S/C9H15N3O3/c1-15-5-3-2-4-12-6-7(10)8(11-12)9(13)14/h6H,2-5,10H2,1H3,(H,13,14). The molecule has 15 heavy (non-hydrogen) atoms. The van der Waals surface area contributed by atoms with Crippen LogP contribution in [0, 0.1) is 0 Å². The summed E-state index contributed by atoms with van der Waals surface area (Å²) in [7, 11) is 1.65. The van der Waals surface area contributed by atoms with E-state index in [-0.39, 0.29) is 11.4 Å². The molecule has 0 aliphatic heterocycles. The number of hydrogen-bond acceptors (Lipinski definition) is 4. The molecule has 0 radical (unpaired) electrons. The molecular formula is C9H15N3O3. The van der Waals surface area contributed by atoms with Crippen LogP contribution >= 0.6 is 0 Å². The number of nitrogens with zero attached hydrogens (tertiary/aromatic N) is 2. The number of carboxylic acid groups (broad SMARTS) is 1. The van der Waals surface area contributed by atoms with Crippen molar-refractivity contribution >= 4 is 11.7 Å². The van der Waals surface area contributed by atoms with Crippen LogP contribution in [0.15, 0.2) is 6.20 Å². The van der Waals surface area contributed by atoms with Crippen LogP contribution in [0.3, 0.4) is 0 Å². The zero-order chi connectivity index (χ0) is 11.3. The van der Waals surface area contributed by atoms with Crippen molar-refractivity contribution in [2.75, 3.05) is 19.5 Å². The Morgan fingerprint density at radius 3 is 2.93 bits per heavy atom. The number of aromatic nitrogens is 2. The number of methoxy groups -OCH3 is 1. The number of anilines is 1. The quantitative estimate of drug-likeness (QED) is 0.675. The summed E-state index contributed by atoms with van der Waals surface area (Å²) in [5.41, 5.74) is 5.61. The van der Waals surface area contributed by atoms with Gasteiger partial charge in [0.2, 0.25) is 0 Å². The molecule has 0 unspecified atom stereocenters. The van der Waals surface area contributed by atoms with Gasteiger partial charge >= 0.3 is 5.97 Å². The first-order valence-electron chi connectivity index (χ1n) is 4.70. The maximum Gasteiger partial charge on any atom is 0.358 e. The van der Waals surface area contributed by atoms with Crippen molar-refractivity contribution in [2.24, 2.45) is 0 Å². The van der Waals surface area contributed by atoms with Crippen LogP contribution in [0.5, 0.6) is 0 Å². The Bertz CT molecular complexity index is 335. The third-order valence-corrected chi connectivity index (χ3v) is 1.98. The third kappa shape index (κ3) is 3.25. The predicted octanol–water partition coefficient (Wildman–Crippen LogP) is 0.590. The number of hydrogen-bond donors (Lipinski definition) is 2. The summed E-state index contributed by atoms with van der Waals surface area (Å²) in [4.78, 5) is 10.6. The molecule has 0 aromatic carbocycles. The summed E-state index contributed by atoms with van der Waals surface area (Å²) in [6.45, 7) is 1.35. The topological polar surface area (TPSA) is 90.4 Å². The first kappa shape index (κ1) is 11.5. The molecule has 0 aliphatic carbocycles. The summed E-state index contributed by atoms with van der Waals surface area (Å²) < 4.78 is 6.45. The van der Waals surface area contributed by atoms with Gasteiger partial charge in [0.1, 0.15) is 0 Å². The minimum Gasteiger partial charge on any atom is -0.476 e. The van der Waals surface area contributed by atoms with E-state index in [4.69, 9.17) is 15.6 Å². The SMILES string of the molecule is COCCCCn1cc(N)c(C(=O)O)n1. The van der Waals surface area contributed by atoms with Crippen molar-refractivity contribution in [3.8, 4) is 0 Å². The molecule has 0 fully saturated rings. The van der Waals surface area contributed by atoms with E-state index in [1.54, 1.807) is 11.8 Å². The molecule has 6 heteroatoms. The number of carbonyl (C=O) groups is 1. The Kier molecular flexibility index (Phi) is 4.11. The molecule has 0 spiro atoms. The van der Waals surface area contributed by atoms with Crippen molar-refractivity contribution in [1.29, 1.82) is 0 Å². The molecular weight excluding hydrogens is 198 g/mol. The van der Waals surface area contributed by atoms with Crippen molar-refractivity contribution in [2.45, 2.75) is 19.4 Å². The van der Waals surface area contributed by atoms with Crippen molar-refractivity contribution in [3.63, 3.8) is 0 Å². The Hall–Kier alpha value is -1.56. The fraction of sp³-hybridized carbons (Fsp3) is 0.556. The van der Waals surface area contributed by atoms with E-state index >= 15 is 0 Å². The van der Waals surface area contributed by atoms with E-state index in [1.165, 1.54) is 6.20 Å². The summed E-state index contributed by atoms with van der Waals surface area (Å²) in [5, 5.41) is 12.6. The van der Waals surface area contributed by atoms with E-state index in [2.05, 4.69) is 5.10 Å². The fourth-order valence-electron chi connectivity index (χ4n) is 1.24. The second-order valence-electron chi connectivity index (χ2n) is 3.20. The smallest absolute Gasteiger partial charge is 0.358 e. The second kappa shape index (κ2) is 5.35. The molecule has 0 amide bonds. The van der Waals surface area contributed by atoms with Crippen LogP contribution in [0.2, 0.25) is 0 Å². The molecule has 84 valence electrons. The van der Waals surface area contributed by atoms with Gasteiger partial charge < -0.3 is 15.6 Å². The molecule has 6 nitrogen and oxygen atoms in total. The lowest BCUT2D eigenvalue weighted by atomic mass is 10.3. The third-order valence-electron chi connectivity index (χ3n) is 1.98. The van der Waals surface area contributed by atoms with Crippen LogP contribution in [0.4, 0.5) is 5.69 Å². The number of ether oxygens (including phenoxy) is 1. The van der Waals surface area contributed by atoms with E-state index in [0.717, 1.165) is 12.8 Å². The first-order valence-corrected chi connectivity index (χ1v) is 4.70. The van der Waals surface area contributed by atoms with Gasteiger partial charge in [-0.2, -0.15) is 5.10 Å². The maximum absolute atomic E-state index is 10.6. The number of carboxylic acids is 1. The van der Waals surface area contributed by atoms with Crippen LogP contribution in [-0.2, 0) is 11.3 Å². The summed E-state index contributed by atoms with van der Waals surface area (Å²) >= 11 is 0. The highest BCUT2D eigenvalue weighted by Crippen LogP contribution is 2.09. The monoisotopic (exact) mass is 213 g/mol. The normalized spacial score (nSPS) is 10.5. The zero-order valence-corrected chi connectivity index (χ0v) is 8.64. The van der Waals surface area contributed by atoms with Gasteiger partial charge in [-0.25, -0.2) is 4.79 Å². The summed E-state index contributed by atoms with van der Waals surface area (Å²) in [6, 6.07) is 0. The van der Waals surface area contributed by atoms with Crippen LogP contribution in [-0.4, -0.2) is 34.6 Å². The molecule has 0 saturated carbocycles. The summed E-state index contributed by atoms with van der Waals surface area (Å²) in [5.74, 6) is -1.09. The second-order valence-corrected chi connectivity index (χ2v) is 3.20. The molecule has 0 bridgehead atoms. The van der Waals surface area contributed by atoms with Gasteiger partial charge in [-0.05, 0) is 12.8 Å². The van der Waals surface area contributed by atoms with Gasteiger partial charge in [0, 0.05) is 26.5 Å². The molecule has 1 aromatic rings. The van der Waals surface area contributed by atoms with Crippen molar-refractivity contribution in [1.82, 2.24) is 9.78 Å². The molecule has 1 aromatic heterocycles. The minimum absolute atomic E-state index is 0.0817. The van der Waals surface area contributed by atoms with Crippen LogP contribution < -0.4 is 5.73 Å². The highest BCUT2D eigenvalue weighted by atomic mass is 16.5. The number of aromatic carboxylic acids is 1. The van der Waals surface area contributed by atoms with Gasteiger partial charge in [0.15, 0.2) is 5.69 Å². The van der Waals surface area contributed by atoms with Gasteiger partial charge in [0.05, 0.1) is 5.69 Å². The van der Waals surface area contributed by atoms with Gasteiger partial charge in [-0.3, -0.25) is 4.68 Å². The number of rotatable bonds is 6. The number of aryl methyl sites for hydroxylation is 1. The molecule has 0 saturated heterocycles. The lowest BCUT2D eigenvalue weighted by Gasteiger charge is -2.00. The molecule has 0 aliphatic rings. The Labute approximate surface area is 87.6 Å². The Balaban J connectivity index is 2.48. The molecule has 1 heterocycles. The number of nitrogen functional groups attached to an aromatic ring is 1. The lowest BCUT2D eigenvalue weighted by molar-refractivity contribution is 0.0690. The Morgan fingerprint density at radius 1 is 1.67 bits per heavy atom. The number of nitrogens with two attached hydrogens (primary N) is 1. The molecule has 0 atom stereocenters. The largest absolute Gasteiger partial charge is 0.476 e. The molecule has 3 N–H and O–H groups in total. The lowest BCUT2D eigenvalue weighted by Crippen LogP contribution is -2.04. The maximum atomic E-state index is 10.6. The zero-order valence-electron chi connectivity index (χ0n) is 8.64. The van der Waals surface area contributed by atoms with E-state index < -0.39 is 5.97 Å². The first-order chi connectivity index (χ1) is 7.15. The van der Waals surface area contributed by atoms with Crippen molar-refractivity contribution in [3.05, 3.63) is 11.9 Å². The summed E-state index contributed by atoms with van der Waals surface area (Å²) in [6.07, 6.45) is 3.34. The minimum atomic E-state index is -1.09. The van der Waals surface area contributed by atoms with E-state index in [0.29, 0.717) is 13.2 Å². The molecule has 1 rings (SSSR count). The van der Waals surface area contributed by atoms with Crippen molar-refractivity contribution < 1.29 is 14.6 Å². The fourth-order valence-corrected chi connectivity index (χ4v) is 1.24. The van der Waals surface area contributed by atoms with Crippen LogP contribution in [0.25, 0.3) is 0 Å². The van der Waals surface area contributed by atoms with E-state index in [1.807, 2.05) is 0 Å². The number of unbranched alkanes of at least 4 members (excludes halogenated alkanes) is 1. The van der Waals surface area contributed by atoms with E-state index in [9.17, 15) is 4.79 Å². The van der Waals surface area contributed by atoms with Gasteiger partial charge in [0.25, 0.3) is 0 Å². The Morgan fingerprint density at radius 2 is 2.40 bits per heavy atom. The highest BCUT2D eigenvalue weighted by Gasteiger charge is 2.12. The average molecular weight is 213 g/mol. The average Bonchev–Trinajstić information content (AvgIpc) is 2.55. The van der Waals surface area contributed by atoms with Gasteiger partial charge in [-0.1, -0.05) is 0 Å². The highest BCUT2D eigenvalue weighted by molar-refractivity contribution is 5.91.